The summed E-state index contributed by atoms with van der Waals surface area (Å²) in [6.45, 7) is 6.32. The van der Waals surface area contributed by atoms with Gasteiger partial charge >= 0.3 is 0 Å². The first-order valence-corrected chi connectivity index (χ1v) is 7.32. The van der Waals surface area contributed by atoms with Crippen LogP contribution < -0.4 is 5.73 Å². The molecule has 1 atom stereocenters. The third-order valence-electron chi connectivity index (χ3n) is 3.23. The summed E-state index contributed by atoms with van der Waals surface area (Å²) in [7, 11) is 0. The van der Waals surface area contributed by atoms with Crippen LogP contribution in [-0.2, 0) is 6.42 Å². The van der Waals surface area contributed by atoms with Crippen molar-refractivity contribution in [2.75, 3.05) is 0 Å². The SMILES string of the molecule is Cc1cc(C(N)Cc2ccn(C(C)C)n2)ccc1Br. The first-order chi connectivity index (χ1) is 8.97. The van der Waals surface area contributed by atoms with Crippen LogP contribution in [0.2, 0.25) is 0 Å². The minimum absolute atomic E-state index is 0.0117. The fourth-order valence-corrected chi connectivity index (χ4v) is 2.26. The summed E-state index contributed by atoms with van der Waals surface area (Å²) < 4.78 is 3.09. The largest absolute Gasteiger partial charge is 0.324 e. The molecule has 0 aliphatic carbocycles. The molecule has 0 aliphatic rings. The Morgan fingerprint density at radius 2 is 2.05 bits per heavy atom. The van der Waals surface area contributed by atoms with Gasteiger partial charge in [0.1, 0.15) is 0 Å². The minimum Gasteiger partial charge on any atom is -0.324 e. The van der Waals surface area contributed by atoms with Crippen LogP contribution in [0.15, 0.2) is 34.9 Å². The molecule has 1 heterocycles. The van der Waals surface area contributed by atoms with Crippen LogP contribution >= 0.6 is 15.9 Å². The highest BCUT2D eigenvalue weighted by atomic mass is 79.9. The van der Waals surface area contributed by atoms with Gasteiger partial charge in [0.2, 0.25) is 0 Å². The second kappa shape index (κ2) is 5.88. The van der Waals surface area contributed by atoms with Gasteiger partial charge in [-0.05, 0) is 44.0 Å². The molecule has 0 aliphatic heterocycles. The van der Waals surface area contributed by atoms with Crippen molar-refractivity contribution in [3.8, 4) is 0 Å². The zero-order valence-corrected chi connectivity index (χ0v) is 13.2. The monoisotopic (exact) mass is 321 g/mol. The van der Waals surface area contributed by atoms with Crippen molar-refractivity contribution < 1.29 is 0 Å². The molecule has 0 spiro atoms. The Hall–Kier alpha value is -1.13. The molecule has 1 unspecified atom stereocenters. The van der Waals surface area contributed by atoms with Gasteiger partial charge < -0.3 is 5.73 Å². The number of halogens is 1. The van der Waals surface area contributed by atoms with Gasteiger partial charge in [-0.1, -0.05) is 28.1 Å². The van der Waals surface area contributed by atoms with Crippen LogP contribution in [0.4, 0.5) is 0 Å². The van der Waals surface area contributed by atoms with Crippen LogP contribution in [0.25, 0.3) is 0 Å². The average Bonchev–Trinajstić information content (AvgIpc) is 2.81. The number of aryl methyl sites for hydroxylation is 1. The topological polar surface area (TPSA) is 43.8 Å². The Kier molecular flexibility index (Phi) is 4.42. The lowest BCUT2D eigenvalue weighted by molar-refractivity contribution is 0.522. The second-order valence-corrected chi connectivity index (χ2v) is 6.05. The van der Waals surface area contributed by atoms with Gasteiger partial charge in [0.05, 0.1) is 5.69 Å². The number of hydrogen-bond acceptors (Lipinski definition) is 2. The smallest absolute Gasteiger partial charge is 0.0643 e. The number of benzene rings is 1. The van der Waals surface area contributed by atoms with Gasteiger partial charge in [0.15, 0.2) is 0 Å². The zero-order valence-electron chi connectivity index (χ0n) is 11.6. The number of nitrogens with two attached hydrogens (primary N) is 1. The van der Waals surface area contributed by atoms with Crippen molar-refractivity contribution >= 4 is 15.9 Å². The molecular weight excluding hydrogens is 302 g/mol. The van der Waals surface area contributed by atoms with Crippen molar-refractivity contribution in [1.29, 1.82) is 0 Å². The van der Waals surface area contributed by atoms with E-state index in [2.05, 4.69) is 60.0 Å². The summed E-state index contributed by atoms with van der Waals surface area (Å²) in [4.78, 5) is 0. The van der Waals surface area contributed by atoms with Gasteiger partial charge in [-0.3, -0.25) is 4.68 Å². The molecule has 2 N–H and O–H groups in total. The van der Waals surface area contributed by atoms with Gasteiger partial charge in [-0.2, -0.15) is 5.10 Å². The van der Waals surface area contributed by atoms with E-state index in [-0.39, 0.29) is 6.04 Å². The lowest BCUT2D eigenvalue weighted by Crippen LogP contribution is -2.14. The van der Waals surface area contributed by atoms with Crippen molar-refractivity contribution in [1.82, 2.24) is 9.78 Å². The second-order valence-electron chi connectivity index (χ2n) is 5.20. The maximum atomic E-state index is 6.27. The summed E-state index contributed by atoms with van der Waals surface area (Å²) in [5, 5.41) is 4.54. The molecule has 1 aromatic heterocycles. The third kappa shape index (κ3) is 3.45. The van der Waals surface area contributed by atoms with E-state index in [1.54, 1.807) is 0 Å². The van der Waals surface area contributed by atoms with Gasteiger partial charge in [-0.25, -0.2) is 0 Å². The summed E-state index contributed by atoms with van der Waals surface area (Å²) in [6, 6.07) is 8.68. The summed E-state index contributed by atoms with van der Waals surface area (Å²) >= 11 is 3.51. The van der Waals surface area contributed by atoms with Crippen LogP contribution in [0, 0.1) is 6.92 Å². The number of hydrogen-bond donors (Lipinski definition) is 1. The van der Waals surface area contributed by atoms with E-state index in [1.807, 2.05) is 16.9 Å². The van der Waals surface area contributed by atoms with E-state index in [0.29, 0.717) is 6.04 Å². The van der Waals surface area contributed by atoms with Crippen molar-refractivity contribution in [3.05, 3.63) is 51.8 Å². The van der Waals surface area contributed by atoms with E-state index in [1.165, 1.54) is 5.56 Å². The van der Waals surface area contributed by atoms with E-state index >= 15 is 0 Å². The molecule has 0 saturated carbocycles. The molecule has 1 aromatic carbocycles. The standard InChI is InChI=1S/C15H20BrN3/c1-10(2)19-7-6-13(18-19)9-15(17)12-4-5-14(16)11(3)8-12/h4-8,10,15H,9,17H2,1-3H3. The van der Waals surface area contributed by atoms with Crippen LogP contribution in [0.5, 0.6) is 0 Å². The molecule has 3 nitrogen and oxygen atoms in total. The minimum atomic E-state index is -0.0117. The number of aromatic nitrogens is 2. The van der Waals surface area contributed by atoms with Crippen LogP contribution in [0.1, 0.15) is 42.8 Å². The Balaban J connectivity index is 2.11. The maximum absolute atomic E-state index is 6.27. The Labute approximate surface area is 122 Å². The maximum Gasteiger partial charge on any atom is 0.0643 e. The predicted octanol–water partition coefficient (Wildman–Crippen LogP) is 3.78. The Morgan fingerprint density at radius 3 is 2.63 bits per heavy atom. The Morgan fingerprint density at radius 1 is 1.32 bits per heavy atom. The molecule has 0 amide bonds. The van der Waals surface area contributed by atoms with Crippen molar-refractivity contribution in [2.45, 2.75) is 39.3 Å². The third-order valence-corrected chi connectivity index (χ3v) is 4.12. The lowest BCUT2D eigenvalue weighted by Gasteiger charge is -2.12. The quantitative estimate of drug-likeness (QED) is 0.931. The molecule has 2 aromatic rings. The average molecular weight is 322 g/mol. The van der Waals surface area contributed by atoms with E-state index < -0.39 is 0 Å². The molecule has 2 rings (SSSR count). The highest BCUT2D eigenvalue weighted by Crippen LogP contribution is 2.22. The molecule has 0 radical (unpaired) electrons. The predicted molar refractivity (Wildman–Crippen MR) is 82.1 cm³/mol. The van der Waals surface area contributed by atoms with Gasteiger partial charge in [-0.15, -0.1) is 0 Å². The molecule has 0 saturated heterocycles. The fourth-order valence-electron chi connectivity index (χ4n) is 2.02. The highest BCUT2D eigenvalue weighted by molar-refractivity contribution is 9.10. The van der Waals surface area contributed by atoms with Crippen LogP contribution in [-0.4, -0.2) is 9.78 Å². The highest BCUT2D eigenvalue weighted by Gasteiger charge is 2.11. The molecule has 0 bridgehead atoms. The molecule has 102 valence electrons. The van der Waals surface area contributed by atoms with E-state index in [4.69, 9.17) is 5.73 Å². The van der Waals surface area contributed by atoms with E-state index in [9.17, 15) is 0 Å². The normalized spacial score (nSPS) is 12.9. The van der Waals surface area contributed by atoms with Crippen molar-refractivity contribution in [3.63, 3.8) is 0 Å². The Bertz CT molecular complexity index is 560. The lowest BCUT2D eigenvalue weighted by atomic mass is 10.0. The number of rotatable bonds is 4. The van der Waals surface area contributed by atoms with Crippen LogP contribution in [0.3, 0.4) is 0 Å². The zero-order chi connectivity index (χ0) is 14.0. The summed E-state index contributed by atoms with van der Waals surface area (Å²) in [5.41, 5.74) is 9.67. The molecular formula is C15H20BrN3. The van der Waals surface area contributed by atoms with Crippen molar-refractivity contribution in [2.24, 2.45) is 5.73 Å². The van der Waals surface area contributed by atoms with E-state index in [0.717, 1.165) is 22.2 Å². The van der Waals surface area contributed by atoms with Gasteiger partial charge in [0.25, 0.3) is 0 Å². The summed E-state index contributed by atoms with van der Waals surface area (Å²) in [5.74, 6) is 0. The van der Waals surface area contributed by atoms with Gasteiger partial charge in [0, 0.05) is 29.2 Å². The fraction of sp³-hybridized carbons (Fsp3) is 0.400. The molecule has 0 fully saturated rings. The first-order valence-electron chi connectivity index (χ1n) is 6.53. The summed E-state index contributed by atoms with van der Waals surface area (Å²) in [6.07, 6.45) is 2.78. The number of nitrogens with zero attached hydrogens (tertiary/aromatic N) is 2. The first kappa shape index (κ1) is 14.3. The molecule has 4 heteroatoms. The molecule has 19 heavy (non-hydrogen) atoms.